The van der Waals surface area contributed by atoms with Crippen molar-refractivity contribution in [3.05, 3.63) is 0 Å². The molecule has 0 bridgehead atoms. The van der Waals surface area contributed by atoms with Gasteiger partial charge in [-0.3, -0.25) is 4.79 Å². The van der Waals surface area contributed by atoms with Gasteiger partial charge in [-0.2, -0.15) is 43.9 Å². The number of alkyl halides is 12. The molecule has 0 radical (unpaired) electrons. The van der Waals surface area contributed by atoms with E-state index in [0.29, 0.717) is 12.8 Å². The zero-order chi connectivity index (χ0) is 33.8. The van der Waals surface area contributed by atoms with Crippen molar-refractivity contribution < 1.29 is 105 Å². The molecule has 0 aromatic heterocycles. The predicted octanol–water partition coefficient (Wildman–Crippen LogP) is 5.76. The van der Waals surface area contributed by atoms with Gasteiger partial charge in [-0.25, -0.2) is 17.2 Å². The fourth-order valence-corrected chi connectivity index (χ4v) is 4.78. The molecule has 1 atom stereocenters. The number of rotatable bonds is 24. The van der Waals surface area contributed by atoms with E-state index in [1.54, 1.807) is 0 Å². The predicted molar refractivity (Wildman–Crippen MR) is 130 cm³/mol. The van der Waals surface area contributed by atoms with Gasteiger partial charge in [0.05, 0.1) is 0 Å². The number of halogens is 12. The summed E-state index contributed by atoms with van der Waals surface area (Å²) in [6.07, 6.45) is 5.66. The largest absolute Gasteiger partial charge is 1.00 e. The summed E-state index contributed by atoms with van der Waals surface area (Å²) >= 11 is 0. The van der Waals surface area contributed by atoms with Gasteiger partial charge in [-0.15, -0.1) is 0 Å². The van der Waals surface area contributed by atoms with Crippen LogP contribution in [0.2, 0.25) is 0 Å². The van der Waals surface area contributed by atoms with E-state index < -0.39 is 70.4 Å². The van der Waals surface area contributed by atoms with Crippen molar-refractivity contribution in [2.24, 2.45) is 0 Å². The van der Waals surface area contributed by atoms with E-state index >= 15 is 0 Å². The summed E-state index contributed by atoms with van der Waals surface area (Å²) in [5.74, 6) is -39.3. The van der Waals surface area contributed by atoms with Crippen molar-refractivity contribution in [1.82, 2.24) is 0 Å². The van der Waals surface area contributed by atoms with Crippen LogP contribution in [0.15, 0.2) is 0 Å². The molecule has 258 valence electrons. The van der Waals surface area contributed by atoms with Gasteiger partial charge in [0.15, 0.2) is 6.61 Å². The van der Waals surface area contributed by atoms with Crippen molar-refractivity contribution in [2.45, 2.75) is 145 Å². The van der Waals surface area contributed by atoms with E-state index in [-0.39, 0.29) is 42.4 Å². The maximum atomic E-state index is 13.8. The molecule has 0 aromatic carbocycles. The van der Waals surface area contributed by atoms with Crippen LogP contribution in [0.25, 0.3) is 0 Å². The van der Waals surface area contributed by atoms with Crippen LogP contribution in [0.5, 0.6) is 0 Å². The first-order valence-corrected chi connectivity index (χ1v) is 15.3. The summed E-state index contributed by atoms with van der Waals surface area (Å²) < 4.78 is 196. The fourth-order valence-electron chi connectivity index (χ4n) is 4.02. The molecule has 0 heterocycles. The third-order valence-electron chi connectivity index (χ3n) is 6.77. The van der Waals surface area contributed by atoms with Gasteiger partial charge in [0.2, 0.25) is 0 Å². The van der Waals surface area contributed by atoms with E-state index in [1.807, 2.05) is 0 Å². The Morgan fingerprint density at radius 1 is 0.659 bits per heavy atom. The number of hydrogen-bond acceptors (Lipinski definition) is 5. The van der Waals surface area contributed by atoms with Crippen LogP contribution in [0.3, 0.4) is 0 Å². The van der Waals surface area contributed by atoms with Crippen LogP contribution in [-0.4, -0.2) is 66.8 Å². The minimum atomic E-state index is -7.83. The van der Waals surface area contributed by atoms with Crippen LogP contribution in [0.1, 0.15) is 103 Å². The van der Waals surface area contributed by atoms with Gasteiger partial charge in [0.25, 0.3) is 0 Å². The van der Waals surface area contributed by atoms with E-state index in [0.717, 1.165) is 44.9 Å². The quantitative estimate of drug-likeness (QED) is 0.0421. The first-order chi connectivity index (χ1) is 19.5. The second-order valence-corrected chi connectivity index (χ2v) is 11.9. The van der Waals surface area contributed by atoms with Gasteiger partial charge in [0.1, 0.15) is 15.4 Å². The van der Waals surface area contributed by atoms with Gasteiger partial charge < -0.3 is 9.29 Å². The van der Waals surface area contributed by atoms with Gasteiger partial charge in [0, 0.05) is 0 Å². The molecular formula is C25H37F12NaO5S. The Kier molecular flexibility index (Phi) is 20.1. The summed E-state index contributed by atoms with van der Waals surface area (Å²) in [5.41, 5.74) is 0. The van der Waals surface area contributed by atoms with Gasteiger partial charge >= 0.3 is 71.6 Å². The minimum absolute atomic E-state index is 0. The van der Waals surface area contributed by atoms with E-state index in [1.165, 1.54) is 19.3 Å². The van der Waals surface area contributed by atoms with Crippen LogP contribution in [0.4, 0.5) is 52.7 Å². The molecule has 0 amide bonds. The van der Waals surface area contributed by atoms with E-state index in [9.17, 15) is 70.5 Å². The Hall–Kier alpha value is -0.460. The normalized spacial score (nSPS) is 14.4. The fraction of sp³-hybridized carbons (Fsp3) is 0.960. The molecule has 5 nitrogen and oxygen atoms in total. The number of carbonyl (C=O) groups is 1. The number of hydrogen-bond donors (Lipinski definition) is 0. The van der Waals surface area contributed by atoms with Gasteiger partial charge in [-0.1, -0.05) is 96.8 Å². The van der Waals surface area contributed by atoms with Crippen LogP contribution >= 0.6 is 0 Å². The summed E-state index contributed by atoms with van der Waals surface area (Å²) in [7, 11) is -5.67. The Morgan fingerprint density at radius 3 is 1.36 bits per heavy atom. The molecule has 0 fully saturated rings. The second kappa shape index (κ2) is 19.4. The SMILES string of the molecule is CCCCCCCCCCCCCCCCC(C(=O)OCC(F)(F)C(F)(F)C(F)(F)C(F)(F)C(F)(F)C(F)F)S(=O)(=O)[O-].[Na+]. The molecule has 44 heavy (non-hydrogen) atoms. The maximum Gasteiger partial charge on any atom is 1.00 e. The van der Waals surface area contributed by atoms with Crippen molar-refractivity contribution in [2.75, 3.05) is 6.61 Å². The average molecular weight is 701 g/mol. The number of carbonyl (C=O) groups excluding carboxylic acids is 1. The second-order valence-electron chi connectivity index (χ2n) is 10.3. The molecule has 0 spiro atoms. The average Bonchev–Trinajstić information content (AvgIpc) is 2.88. The van der Waals surface area contributed by atoms with E-state index in [2.05, 4.69) is 11.7 Å². The van der Waals surface area contributed by atoms with Crippen LogP contribution in [0, 0.1) is 0 Å². The molecular weight excluding hydrogens is 663 g/mol. The standard InChI is InChI=1S/C25H38F12O5S.Na/c1-2-3-4-5-6-7-8-9-10-11-12-13-14-15-16-18(43(39,40)41)19(38)42-17-21(28,29)23(32,33)25(36,37)24(34,35)22(30,31)20(26)27;/h18,20H,2-17H2,1H3,(H,39,40,41);/q;+1/p-1. The molecule has 19 heteroatoms. The molecule has 1 unspecified atom stereocenters. The Balaban J connectivity index is 0. The summed E-state index contributed by atoms with van der Waals surface area (Å²) in [6.45, 7) is -1.14. The Morgan fingerprint density at radius 2 is 1.02 bits per heavy atom. The Labute approximate surface area is 271 Å². The van der Waals surface area contributed by atoms with Crippen molar-refractivity contribution in [1.29, 1.82) is 0 Å². The molecule has 0 rings (SSSR count). The van der Waals surface area contributed by atoms with Crippen LogP contribution < -0.4 is 29.6 Å². The molecule has 0 saturated carbocycles. The summed E-state index contributed by atoms with van der Waals surface area (Å²) in [4.78, 5) is 11.9. The van der Waals surface area contributed by atoms with E-state index in [4.69, 9.17) is 0 Å². The first kappa shape index (κ1) is 45.7. The number of esters is 1. The molecule has 0 aromatic rings. The van der Waals surface area contributed by atoms with Crippen molar-refractivity contribution in [3.63, 3.8) is 0 Å². The molecule has 0 aliphatic carbocycles. The molecule has 0 N–H and O–H groups in total. The maximum absolute atomic E-state index is 13.8. The zero-order valence-corrected chi connectivity index (χ0v) is 27.3. The molecule has 0 aliphatic rings. The van der Waals surface area contributed by atoms with Gasteiger partial charge in [-0.05, 0) is 6.42 Å². The number of unbranched alkanes of at least 4 members (excludes halogenated alkanes) is 13. The van der Waals surface area contributed by atoms with Crippen molar-refractivity contribution in [3.8, 4) is 0 Å². The third kappa shape index (κ3) is 12.6. The molecule has 0 aliphatic heterocycles. The molecule has 0 saturated heterocycles. The summed E-state index contributed by atoms with van der Waals surface area (Å²) in [6, 6.07) is 0. The first-order valence-electron chi connectivity index (χ1n) is 13.8. The topological polar surface area (TPSA) is 83.5 Å². The number of ether oxygens (including phenoxy) is 1. The van der Waals surface area contributed by atoms with Crippen molar-refractivity contribution >= 4 is 16.1 Å². The smallest absolute Gasteiger partial charge is 0.747 e. The monoisotopic (exact) mass is 700 g/mol. The summed E-state index contributed by atoms with van der Waals surface area (Å²) in [5, 5.41) is -2.76. The van der Waals surface area contributed by atoms with Crippen LogP contribution in [-0.2, 0) is 19.6 Å². The third-order valence-corrected chi connectivity index (χ3v) is 7.89. The minimum Gasteiger partial charge on any atom is -0.747 e. The Bertz CT molecular complexity index is 936. The zero-order valence-electron chi connectivity index (χ0n) is 24.5.